The number of hydrogen-bond donors (Lipinski definition) is 1. The Bertz CT molecular complexity index is 408. The fraction of sp³-hybridized carbons (Fsp3) is 0.812. The number of aromatic nitrogens is 2. The molecule has 0 spiro atoms. The van der Waals surface area contributed by atoms with Gasteiger partial charge in [0.1, 0.15) is 5.82 Å². The second kappa shape index (κ2) is 6.72. The monoisotopic (exact) mass is 278 g/mol. The number of hydrogen-bond acceptors (Lipinski definition) is 3. The van der Waals surface area contributed by atoms with Crippen molar-refractivity contribution >= 4 is 0 Å². The first-order valence-corrected chi connectivity index (χ1v) is 8.00. The van der Waals surface area contributed by atoms with Crippen molar-refractivity contribution in [3.8, 4) is 0 Å². The van der Waals surface area contributed by atoms with E-state index in [9.17, 15) is 0 Å². The minimum absolute atomic E-state index is 0.209. The minimum Gasteiger partial charge on any atom is -0.338 e. The number of likely N-dealkylation sites (tertiary alicyclic amines) is 1. The predicted octanol–water partition coefficient (Wildman–Crippen LogP) is 2.21. The van der Waals surface area contributed by atoms with E-state index in [1.165, 1.54) is 44.6 Å². The van der Waals surface area contributed by atoms with Crippen LogP contribution in [-0.2, 0) is 13.5 Å². The van der Waals surface area contributed by atoms with Crippen LogP contribution in [0.3, 0.4) is 0 Å². The zero-order chi connectivity index (χ0) is 14.6. The molecule has 0 radical (unpaired) electrons. The fourth-order valence-electron chi connectivity index (χ4n) is 3.50. The number of nitrogens with zero attached hydrogens (tertiary/aromatic N) is 3. The van der Waals surface area contributed by atoms with Gasteiger partial charge in [0.05, 0.1) is 0 Å². The second-order valence-corrected chi connectivity index (χ2v) is 6.26. The lowest BCUT2D eigenvalue weighted by Gasteiger charge is -2.48. The van der Waals surface area contributed by atoms with Crippen LogP contribution in [0.15, 0.2) is 12.4 Å². The maximum atomic E-state index is 4.50. The smallest absolute Gasteiger partial charge is 0.109 e. The van der Waals surface area contributed by atoms with Gasteiger partial charge in [0, 0.05) is 37.4 Å². The molecule has 0 aromatic carbocycles. The van der Waals surface area contributed by atoms with Gasteiger partial charge in [0.25, 0.3) is 0 Å². The number of imidazole rings is 1. The summed E-state index contributed by atoms with van der Waals surface area (Å²) >= 11 is 0. The van der Waals surface area contributed by atoms with E-state index in [1.54, 1.807) is 0 Å². The molecule has 1 N–H and O–H groups in total. The summed E-state index contributed by atoms with van der Waals surface area (Å²) in [4.78, 5) is 7.20. The predicted molar refractivity (Wildman–Crippen MR) is 83.9 cm³/mol. The van der Waals surface area contributed by atoms with Crippen molar-refractivity contribution in [2.75, 3.05) is 20.1 Å². The number of aryl methyl sites for hydroxylation is 1. The summed E-state index contributed by atoms with van der Waals surface area (Å²) in [6, 6.07) is 0.437. The number of likely N-dealkylation sites (N-methyl/N-ethyl adjacent to an activating group) is 1. The van der Waals surface area contributed by atoms with Crippen molar-refractivity contribution in [1.82, 2.24) is 19.8 Å². The third kappa shape index (κ3) is 3.07. The molecular formula is C16H30N4. The molecule has 0 amide bonds. The first kappa shape index (κ1) is 15.5. The molecule has 2 unspecified atom stereocenters. The molecule has 0 bridgehead atoms. The summed E-state index contributed by atoms with van der Waals surface area (Å²) in [6.07, 6.45) is 10.2. The molecule has 1 aliphatic heterocycles. The van der Waals surface area contributed by atoms with Gasteiger partial charge in [-0.3, -0.25) is 4.90 Å². The quantitative estimate of drug-likeness (QED) is 0.866. The van der Waals surface area contributed by atoms with Gasteiger partial charge in [-0.15, -0.1) is 0 Å². The summed E-state index contributed by atoms with van der Waals surface area (Å²) < 4.78 is 2.14. The van der Waals surface area contributed by atoms with Gasteiger partial charge in [-0.2, -0.15) is 0 Å². The van der Waals surface area contributed by atoms with Crippen molar-refractivity contribution < 1.29 is 0 Å². The second-order valence-electron chi connectivity index (χ2n) is 6.26. The van der Waals surface area contributed by atoms with Crippen molar-refractivity contribution in [2.45, 2.75) is 57.5 Å². The molecule has 1 fully saturated rings. The Labute approximate surface area is 123 Å². The molecule has 0 saturated carbocycles. The molecule has 1 aromatic heterocycles. The van der Waals surface area contributed by atoms with Crippen LogP contribution < -0.4 is 5.32 Å². The van der Waals surface area contributed by atoms with E-state index in [2.05, 4.69) is 47.7 Å². The van der Waals surface area contributed by atoms with E-state index < -0.39 is 0 Å². The molecule has 114 valence electrons. The highest BCUT2D eigenvalue weighted by Gasteiger charge is 2.38. The SMILES string of the molecule is CCC(C)(C(Cc1nccn1C)NC)N1CCCCC1. The van der Waals surface area contributed by atoms with E-state index in [-0.39, 0.29) is 5.54 Å². The number of piperidine rings is 1. The van der Waals surface area contributed by atoms with Crippen LogP contribution in [0.1, 0.15) is 45.4 Å². The third-order valence-electron chi connectivity index (χ3n) is 5.20. The summed E-state index contributed by atoms with van der Waals surface area (Å²) in [5.74, 6) is 1.17. The summed E-state index contributed by atoms with van der Waals surface area (Å²) in [5, 5.41) is 3.56. The Kier molecular flexibility index (Phi) is 5.22. The molecule has 1 aliphatic rings. The molecule has 1 aromatic rings. The zero-order valence-corrected chi connectivity index (χ0v) is 13.5. The molecule has 2 rings (SSSR count). The van der Waals surface area contributed by atoms with Crippen LogP contribution in [0.4, 0.5) is 0 Å². The van der Waals surface area contributed by atoms with E-state index in [1.807, 2.05) is 12.4 Å². The van der Waals surface area contributed by atoms with E-state index >= 15 is 0 Å². The normalized spacial score (nSPS) is 21.6. The van der Waals surface area contributed by atoms with E-state index in [0.29, 0.717) is 6.04 Å². The van der Waals surface area contributed by atoms with Gasteiger partial charge in [0.15, 0.2) is 0 Å². The molecular weight excluding hydrogens is 248 g/mol. The van der Waals surface area contributed by atoms with Crippen LogP contribution in [-0.4, -0.2) is 46.2 Å². The lowest BCUT2D eigenvalue weighted by atomic mass is 9.83. The summed E-state index contributed by atoms with van der Waals surface area (Å²) in [6.45, 7) is 7.21. The Morgan fingerprint density at radius 1 is 1.35 bits per heavy atom. The van der Waals surface area contributed by atoms with Gasteiger partial charge >= 0.3 is 0 Å². The molecule has 2 atom stereocenters. The van der Waals surface area contributed by atoms with Gasteiger partial charge in [-0.05, 0) is 46.3 Å². The van der Waals surface area contributed by atoms with Crippen LogP contribution in [0.2, 0.25) is 0 Å². The lowest BCUT2D eigenvalue weighted by molar-refractivity contribution is 0.0445. The maximum Gasteiger partial charge on any atom is 0.109 e. The van der Waals surface area contributed by atoms with Crippen LogP contribution >= 0.6 is 0 Å². The number of rotatable bonds is 6. The van der Waals surface area contributed by atoms with Gasteiger partial charge < -0.3 is 9.88 Å². The molecule has 20 heavy (non-hydrogen) atoms. The van der Waals surface area contributed by atoms with Crippen LogP contribution in [0, 0.1) is 0 Å². The largest absolute Gasteiger partial charge is 0.338 e. The molecule has 4 heteroatoms. The van der Waals surface area contributed by atoms with Gasteiger partial charge in [0.2, 0.25) is 0 Å². The Morgan fingerprint density at radius 2 is 2.05 bits per heavy atom. The lowest BCUT2D eigenvalue weighted by Crippen LogP contribution is -2.60. The van der Waals surface area contributed by atoms with Gasteiger partial charge in [-0.25, -0.2) is 4.98 Å². The first-order chi connectivity index (χ1) is 9.61. The van der Waals surface area contributed by atoms with Crippen molar-refractivity contribution in [2.24, 2.45) is 7.05 Å². The molecule has 1 saturated heterocycles. The maximum absolute atomic E-state index is 4.50. The topological polar surface area (TPSA) is 33.1 Å². The number of nitrogens with one attached hydrogen (secondary N) is 1. The summed E-state index contributed by atoms with van der Waals surface area (Å²) in [7, 11) is 4.17. The minimum atomic E-state index is 0.209. The highest BCUT2D eigenvalue weighted by molar-refractivity contribution is 5.03. The Morgan fingerprint density at radius 3 is 2.55 bits per heavy atom. The average molecular weight is 278 g/mol. The van der Waals surface area contributed by atoms with Gasteiger partial charge in [-0.1, -0.05) is 13.3 Å². The van der Waals surface area contributed by atoms with E-state index in [4.69, 9.17) is 0 Å². The molecule has 4 nitrogen and oxygen atoms in total. The Balaban J connectivity index is 2.15. The highest BCUT2D eigenvalue weighted by Crippen LogP contribution is 2.28. The summed E-state index contributed by atoms with van der Waals surface area (Å²) in [5.41, 5.74) is 0.209. The highest BCUT2D eigenvalue weighted by atomic mass is 15.2. The molecule has 2 heterocycles. The van der Waals surface area contributed by atoms with Crippen LogP contribution in [0.25, 0.3) is 0 Å². The standard InChI is InChI=1S/C16H30N4/c1-5-16(2,20-10-7-6-8-11-20)14(17-3)13-15-18-9-12-19(15)4/h9,12,14,17H,5-8,10-11,13H2,1-4H3. The van der Waals surface area contributed by atoms with Crippen molar-refractivity contribution in [3.05, 3.63) is 18.2 Å². The van der Waals surface area contributed by atoms with Crippen molar-refractivity contribution in [3.63, 3.8) is 0 Å². The van der Waals surface area contributed by atoms with Crippen molar-refractivity contribution in [1.29, 1.82) is 0 Å². The zero-order valence-electron chi connectivity index (χ0n) is 13.5. The fourth-order valence-corrected chi connectivity index (χ4v) is 3.50. The first-order valence-electron chi connectivity index (χ1n) is 8.00. The third-order valence-corrected chi connectivity index (χ3v) is 5.20. The van der Waals surface area contributed by atoms with Crippen LogP contribution in [0.5, 0.6) is 0 Å². The Hall–Kier alpha value is -0.870. The van der Waals surface area contributed by atoms with E-state index in [0.717, 1.165) is 6.42 Å². The molecule has 0 aliphatic carbocycles. The average Bonchev–Trinajstić information content (AvgIpc) is 2.90.